The molecule has 1 atom stereocenters. The maximum Gasteiger partial charge on any atom is 0.241 e. The van der Waals surface area contributed by atoms with E-state index in [0.29, 0.717) is 12.0 Å². The summed E-state index contributed by atoms with van der Waals surface area (Å²) in [4.78, 5) is 0.261. The van der Waals surface area contributed by atoms with E-state index in [1.54, 1.807) is 19.1 Å². The molecule has 0 aliphatic carbocycles. The number of ether oxygens (including phenoxy) is 1. The lowest BCUT2D eigenvalue weighted by molar-refractivity contribution is 0.158. The normalized spacial score (nSPS) is 13.5. The minimum Gasteiger partial charge on any atom is -0.396 e. The van der Waals surface area contributed by atoms with Crippen molar-refractivity contribution in [3.63, 3.8) is 0 Å². The Morgan fingerprint density at radius 1 is 1.37 bits per heavy atom. The van der Waals surface area contributed by atoms with Gasteiger partial charge in [0.1, 0.15) is 0 Å². The van der Waals surface area contributed by atoms with Gasteiger partial charge >= 0.3 is 0 Å². The average molecular weight is 287 g/mol. The standard InChI is InChI=1S/C13H21NO4S/c1-10-4-5-13(11(2)8-10)19(16,17)14-12(6-7-15)9-18-3/h4-5,8,12,14-15H,6-7,9H2,1-3H3. The molecular weight excluding hydrogens is 266 g/mol. The van der Waals surface area contributed by atoms with Gasteiger partial charge in [-0.3, -0.25) is 0 Å². The van der Waals surface area contributed by atoms with Crippen molar-refractivity contribution < 1.29 is 18.3 Å². The van der Waals surface area contributed by atoms with E-state index in [0.717, 1.165) is 5.56 Å². The van der Waals surface area contributed by atoms with Crippen LogP contribution in [0.2, 0.25) is 0 Å². The summed E-state index contributed by atoms with van der Waals surface area (Å²) < 4.78 is 32.1. The third-order valence-corrected chi connectivity index (χ3v) is 4.47. The number of nitrogens with one attached hydrogen (secondary N) is 1. The molecule has 1 aromatic carbocycles. The fourth-order valence-corrected chi connectivity index (χ4v) is 3.40. The highest BCUT2D eigenvalue weighted by atomic mass is 32.2. The van der Waals surface area contributed by atoms with E-state index >= 15 is 0 Å². The second-order valence-electron chi connectivity index (χ2n) is 4.55. The third kappa shape index (κ3) is 4.58. The zero-order chi connectivity index (χ0) is 14.5. The second-order valence-corrected chi connectivity index (χ2v) is 6.24. The summed E-state index contributed by atoms with van der Waals surface area (Å²) in [6, 6.07) is 4.75. The molecule has 0 aliphatic heterocycles. The van der Waals surface area contributed by atoms with Crippen LogP contribution >= 0.6 is 0 Å². The first-order valence-corrected chi connectivity index (χ1v) is 7.58. The van der Waals surface area contributed by atoms with Gasteiger partial charge in [0.15, 0.2) is 0 Å². The van der Waals surface area contributed by atoms with E-state index < -0.39 is 16.1 Å². The Labute approximate surface area is 114 Å². The number of rotatable bonds is 7. The predicted molar refractivity (Wildman–Crippen MR) is 73.6 cm³/mol. The summed E-state index contributed by atoms with van der Waals surface area (Å²) in [6.45, 7) is 3.81. The molecule has 0 bridgehead atoms. The lowest BCUT2D eigenvalue weighted by Crippen LogP contribution is -2.38. The van der Waals surface area contributed by atoms with E-state index in [1.165, 1.54) is 7.11 Å². The summed E-state index contributed by atoms with van der Waals surface area (Å²) in [6.07, 6.45) is 0.317. The van der Waals surface area contributed by atoms with E-state index in [1.807, 2.05) is 13.0 Å². The number of aryl methyl sites for hydroxylation is 2. The van der Waals surface area contributed by atoms with Gasteiger partial charge in [-0.25, -0.2) is 13.1 Å². The van der Waals surface area contributed by atoms with Gasteiger partial charge in [0.25, 0.3) is 0 Å². The number of benzene rings is 1. The third-order valence-electron chi connectivity index (χ3n) is 2.79. The second kappa shape index (κ2) is 7.00. The van der Waals surface area contributed by atoms with E-state index in [4.69, 9.17) is 9.84 Å². The van der Waals surface area contributed by atoms with E-state index in [9.17, 15) is 8.42 Å². The molecule has 2 N–H and O–H groups in total. The number of aliphatic hydroxyl groups is 1. The van der Waals surface area contributed by atoms with Gasteiger partial charge in [-0.1, -0.05) is 17.7 Å². The molecule has 0 spiro atoms. The van der Waals surface area contributed by atoms with Crippen molar-refractivity contribution in [3.05, 3.63) is 29.3 Å². The smallest absolute Gasteiger partial charge is 0.241 e. The van der Waals surface area contributed by atoms with Crippen LogP contribution in [0.1, 0.15) is 17.5 Å². The van der Waals surface area contributed by atoms with E-state index in [-0.39, 0.29) is 18.1 Å². The van der Waals surface area contributed by atoms with Gasteiger partial charge in [0, 0.05) is 19.8 Å². The first-order valence-electron chi connectivity index (χ1n) is 6.10. The van der Waals surface area contributed by atoms with Gasteiger partial charge in [0.2, 0.25) is 10.0 Å². The molecule has 0 radical (unpaired) electrons. The molecule has 1 aromatic rings. The van der Waals surface area contributed by atoms with Crippen LogP contribution in [-0.4, -0.2) is 39.9 Å². The van der Waals surface area contributed by atoms with Crippen LogP contribution in [-0.2, 0) is 14.8 Å². The topological polar surface area (TPSA) is 75.6 Å². The van der Waals surface area contributed by atoms with Gasteiger partial charge in [-0.15, -0.1) is 0 Å². The lowest BCUT2D eigenvalue weighted by atomic mass is 10.2. The molecule has 5 nitrogen and oxygen atoms in total. The molecule has 1 rings (SSSR count). The molecule has 0 fully saturated rings. The Morgan fingerprint density at radius 2 is 2.05 bits per heavy atom. The number of methoxy groups -OCH3 is 1. The Kier molecular flexibility index (Phi) is 5.93. The van der Waals surface area contributed by atoms with Crippen LogP contribution < -0.4 is 4.72 Å². The zero-order valence-electron chi connectivity index (χ0n) is 11.5. The Morgan fingerprint density at radius 3 is 2.58 bits per heavy atom. The maximum absolute atomic E-state index is 12.3. The summed E-state index contributed by atoms with van der Waals surface area (Å²) in [7, 11) is -2.10. The van der Waals surface area contributed by atoms with Crippen LogP contribution in [0.15, 0.2) is 23.1 Å². The Hall–Kier alpha value is -0.950. The van der Waals surface area contributed by atoms with Gasteiger partial charge in [0.05, 0.1) is 11.5 Å². The van der Waals surface area contributed by atoms with Crippen molar-refractivity contribution >= 4 is 10.0 Å². The molecule has 0 saturated heterocycles. The lowest BCUT2D eigenvalue weighted by Gasteiger charge is -2.18. The summed E-state index contributed by atoms with van der Waals surface area (Å²) >= 11 is 0. The molecule has 1 unspecified atom stereocenters. The molecule has 19 heavy (non-hydrogen) atoms. The van der Waals surface area contributed by atoms with Crippen molar-refractivity contribution in [3.8, 4) is 0 Å². The fourth-order valence-electron chi connectivity index (χ4n) is 1.92. The Balaban J connectivity index is 2.96. The first-order chi connectivity index (χ1) is 8.90. The summed E-state index contributed by atoms with van der Waals surface area (Å²) in [5.74, 6) is 0. The first kappa shape index (κ1) is 16.1. The highest BCUT2D eigenvalue weighted by molar-refractivity contribution is 7.89. The quantitative estimate of drug-likeness (QED) is 0.784. The average Bonchev–Trinajstić information content (AvgIpc) is 2.28. The monoisotopic (exact) mass is 287 g/mol. The minimum absolute atomic E-state index is 0.0938. The largest absolute Gasteiger partial charge is 0.396 e. The molecule has 0 amide bonds. The molecule has 108 valence electrons. The van der Waals surface area contributed by atoms with Gasteiger partial charge in [-0.05, 0) is 31.9 Å². The summed E-state index contributed by atoms with van der Waals surface area (Å²) in [5.41, 5.74) is 1.72. The zero-order valence-corrected chi connectivity index (χ0v) is 12.3. The molecule has 0 heterocycles. The van der Waals surface area contributed by atoms with Crippen LogP contribution in [0, 0.1) is 13.8 Å². The predicted octanol–water partition coefficient (Wildman–Crippen LogP) is 0.979. The number of aliphatic hydroxyl groups excluding tert-OH is 1. The van der Waals surface area contributed by atoms with Crippen LogP contribution in [0.5, 0.6) is 0 Å². The van der Waals surface area contributed by atoms with Crippen LogP contribution in [0.3, 0.4) is 0 Å². The highest BCUT2D eigenvalue weighted by Gasteiger charge is 2.21. The van der Waals surface area contributed by atoms with E-state index in [2.05, 4.69) is 4.72 Å². The fraction of sp³-hybridized carbons (Fsp3) is 0.538. The summed E-state index contributed by atoms with van der Waals surface area (Å²) in [5, 5.41) is 8.93. The van der Waals surface area contributed by atoms with Crippen molar-refractivity contribution in [2.75, 3.05) is 20.3 Å². The number of hydrogen-bond donors (Lipinski definition) is 2. The number of hydrogen-bond acceptors (Lipinski definition) is 4. The molecule has 0 aliphatic rings. The van der Waals surface area contributed by atoms with Crippen LogP contribution in [0.4, 0.5) is 0 Å². The number of sulfonamides is 1. The van der Waals surface area contributed by atoms with Gasteiger partial charge < -0.3 is 9.84 Å². The molecule has 0 saturated carbocycles. The SMILES string of the molecule is COCC(CCO)NS(=O)(=O)c1ccc(C)cc1C. The maximum atomic E-state index is 12.3. The Bertz CT molecular complexity index is 507. The molecule has 6 heteroatoms. The van der Waals surface area contributed by atoms with Crippen molar-refractivity contribution in [1.82, 2.24) is 4.72 Å². The van der Waals surface area contributed by atoms with Gasteiger partial charge in [-0.2, -0.15) is 0 Å². The highest BCUT2D eigenvalue weighted by Crippen LogP contribution is 2.17. The van der Waals surface area contributed by atoms with Crippen molar-refractivity contribution in [2.45, 2.75) is 31.2 Å². The van der Waals surface area contributed by atoms with Crippen molar-refractivity contribution in [1.29, 1.82) is 0 Å². The molecular formula is C13H21NO4S. The van der Waals surface area contributed by atoms with Crippen molar-refractivity contribution in [2.24, 2.45) is 0 Å². The molecule has 0 aromatic heterocycles. The van der Waals surface area contributed by atoms with Crippen LogP contribution in [0.25, 0.3) is 0 Å². The minimum atomic E-state index is -3.59.